The Bertz CT molecular complexity index is 613. The number of rotatable bonds is 4. The van der Waals surface area contributed by atoms with Crippen molar-refractivity contribution in [2.75, 3.05) is 14.2 Å². The van der Waals surface area contributed by atoms with Gasteiger partial charge in [-0.05, 0) is 25.6 Å². The van der Waals surface area contributed by atoms with Crippen LogP contribution in [0.4, 0.5) is 8.78 Å². The van der Waals surface area contributed by atoms with E-state index in [2.05, 4.69) is 5.32 Å². The van der Waals surface area contributed by atoms with E-state index in [-0.39, 0.29) is 5.56 Å². The van der Waals surface area contributed by atoms with Crippen LogP contribution in [-0.2, 0) is 0 Å². The molecule has 106 valence electrons. The molecule has 20 heavy (non-hydrogen) atoms. The van der Waals surface area contributed by atoms with E-state index >= 15 is 0 Å². The van der Waals surface area contributed by atoms with Crippen molar-refractivity contribution in [1.29, 1.82) is 0 Å². The number of hydrogen-bond donors (Lipinski definition) is 1. The molecule has 0 bridgehead atoms. The fourth-order valence-electron chi connectivity index (χ4n) is 2.27. The summed E-state index contributed by atoms with van der Waals surface area (Å²) >= 11 is 0. The van der Waals surface area contributed by atoms with E-state index in [4.69, 9.17) is 4.74 Å². The highest BCUT2D eigenvalue weighted by Gasteiger charge is 2.22. The van der Waals surface area contributed by atoms with E-state index < -0.39 is 17.7 Å². The van der Waals surface area contributed by atoms with Gasteiger partial charge in [0.1, 0.15) is 5.75 Å². The summed E-state index contributed by atoms with van der Waals surface area (Å²) in [6.07, 6.45) is 0. The lowest BCUT2D eigenvalue weighted by Crippen LogP contribution is -2.20. The van der Waals surface area contributed by atoms with E-state index in [0.717, 1.165) is 5.56 Å². The van der Waals surface area contributed by atoms with Crippen LogP contribution in [0.15, 0.2) is 36.4 Å². The summed E-state index contributed by atoms with van der Waals surface area (Å²) < 4.78 is 33.2. The van der Waals surface area contributed by atoms with E-state index in [0.29, 0.717) is 11.3 Å². The van der Waals surface area contributed by atoms with Crippen LogP contribution >= 0.6 is 0 Å². The second-order valence-electron chi connectivity index (χ2n) is 4.56. The molecule has 0 radical (unpaired) electrons. The molecule has 0 saturated heterocycles. The van der Waals surface area contributed by atoms with Crippen LogP contribution in [0.2, 0.25) is 0 Å². The second-order valence-corrected chi connectivity index (χ2v) is 4.56. The zero-order valence-corrected chi connectivity index (χ0v) is 11.7. The first-order valence-corrected chi connectivity index (χ1v) is 6.34. The van der Waals surface area contributed by atoms with Crippen LogP contribution in [0.3, 0.4) is 0 Å². The van der Waals surface area contributed by atoms with Gasteiger partial charge in [-0.15, -0.1) is 0 Å². The van der Waals surface area contributed by atoms with Gasteiger partial charge >= 0.3 is 0 Å². The van der Waals surface area contributed by atoms with Crippen LogP contribution in [0, 0.1) is 18.6 Å². The Morgan fingerprint density at radius 2 is 1.70 bits per heavy atom. The SMILES string of the molecule is CNC(c1ccccc1OC)c1ccc(C)c(F)c1F. The molecule has 1 unspecified atom stereocenters. The number of halogens is 2. The molecule has 0 heterocycles. The Morgan fingerprint density at radius 3 is 2.35 bits per heavy atom. The fourth-order valence-corrected chi connectivity index (χ4v) is 2.27. The normalized spacial score (nSPS) is 12.2. The third-order valence-corrected chi connectivity index (χ3v) is 3.35. The molecule has 0 aliphatic carbocycles. The summed E-state index contributed by atoms with van der Waals surface area (Å²) in [4.78, 5) is 0. The minimum Gasteiger partial charge on any atom is -0.496 e. The van der Waals surface area contributed by atoms with Gasteiger partial charge in [-0.3, -0.25) is 0 Å². The Hall–Kier alpha value is -1.94. The monoisotopic (exact) mass is 277 g/mol. The molecule has 2 aromatic carbocycles. The van der Waals surface area contributed by atoms with Crippen LogP contribution in [-0.4, -0.2) is 14.2 Å². The quantitative estimate of drug-likeness (QED) is 0.922. The zero-order valence-electron chi connectivity index (χ0n) is 11.7. The van der Waals surface area contributed by atoms with Gasteiger partial charge in [0.05, 0.1) is 13.2 Å². The van der Waals surface area contributed by atoms with Gasteiger partial charge in [0.25, 0.3) is 0 Å². The molecule has 2 aromatic rings. The Labute approximate surface area is 117 Å². The number of nitrogens with one attached hydrogen (secondary N) is 1. The molecule has 0 fully saturated rings. The average Bonchev–Trinajstić information content (AvgIpc) is 2.48. The Morgan fingerprint density at radius 1 is 1.00 bits per heavy atom. The van der Waals surface area contributed by atoms with E-state index in [1.54, 1.807) is 39.3 Å². The maximum Gasteiger partial charge on any atom is 0.164 e. The third-order valence-electron chi connectivity index (χ3n) is 3.35. The highest BCUT2D eigenvalue weighted by atomic mass is 19.2. The molecular formula is C16H17F2NO. The van der Waals surface area contributed by atoms with E-state index in [1.807, 2.05) is 18.2 Å². The number of methoxy groups -OCH3 is 1. The number of aryl methyl sites for hydroxylation is 1. The minimum atomic E-state index is -0.824. The minimum absolute atomic E-state index is 0.264. The van der Waals surface area contributed by atoms with Gasteiger partial charge in [-0.1, -0.05) is 30.3 Å². The summed E-state index contributed by atoms with van der Waals surface area (Å²) in [5.74, 6) is -1.000. The number of ether oxygens (including phenoxy) is 1. The van der Waals surface area contributed by atoms with Crippen LogP contribution in [0.25, 0.3) is 0 Å². The summed E-state index contributed by atoms with van der Waals surface area (Å²) in [6.45, 7) is 1.54. The highest BCUT2D eigenvalue weighted by molar-refractivity contribution is 5.42. The topological polar surface area (TPSA) is 21.3 Å². The summed E-state index contributed by atoms with van der Waals surface area (Å²) in [5, 5.41) is 3.01. The standard InChI is InChI=1S/C16H17F2NO/c1-10-8-9-12(15(18)14(10)17)16(19-2)11-6-4-5-7-13(11)20-3/h4-9,16,19H,1-3H3. The van der Waals surface area contributed by atoms with Gasteiger partial charge < -0.3 is 10.1 Å². The first-order chi connectivity index (χ1) is 9.60. The molecule has 0 amide bonds. The van der Waals surface area contributed by atoms with Crippen molar-refractivity contribution in [2.45, 2.75) is 13.0 Å². The lowest BCUT2D eigenvalue weighted by Gasteiger charge is -2.20. The molecular weight excluding hydrogens is 260 g/mol. The molecule has 0 aromatic heterocycles. The van der Waals surface area contributed by atoms with Crippen LogP contribution in [0.5, 0.6) is 5.75 Å². The molecule has 0 spiro atoms. The van der Waals surface area contributed by atoms with Gasteiger partial charge in [-0.2, -0.15) is 0 Å². The van der Waals surface area contributed by atoms with Gasteiger partial charge in [0, 0.05) is 11.1 Å². The molecule has 2 rings (SSSR count). The first-order valence-electron chi connectivity index (χ1n) is 6.34. The van der Waals surface area contributed by atoms with Crippen molar-refractivity contribution < 1.29 is 13.5 Å². The number of benzene rings is 2. The van der Waals surface area contributed by atoms with Gasteiger partial charge in [0.15, 0.2) is 11.6 Å². The largest absolute Gasteiger partial charge is 0.496 e. The van der Waals surface area contributed by atoms with Crippen LogP contribution in [0.1, 0.15) is 22.7 Å². The van der Waals surface area contributed by atoms with Crippen molar-refractivity contribution in [1.82, 2.24) is 5.32 Å². The second kappa shape index (κ2) is 6.01. The first kappa shape index (κ1) is 14.5. The molecule has 4 heteroatoms. The molecule has 1 atom stereocenters. The molecule has 0 aliphatic rings. The fraction of sp³-hybridized carbons (Fsp3) is 0.250. The third kappa shape index (κ3) is 2.51. The van der Waals surface area contributed by atoms with Gasteiger partial charge in [-0.25, -0.2) is 8.78 Å². The van der Waals surface area contributed by atoms with Crippen molar-refractivity contribution >= 4 is 0 Å². The zero-order chi connectivity index (χ0) is 14.7. The van der Waals surface area contributed by atoms with Crippen molar-refractivity contribution in [2.24, 2.45) is 0 Å². The maximum atomic E-state index is 14.2. The Balaban J connectivity index is 2.56. The van der Waals surface area contributed by atoms with Crippen LogP contribution < -0.4 is 10.1 Å². The van der Waals surface area contributed by atoms with Crippen molar-refractivity contribution in [3.63, 3.8) is 0 Å². The highest BCUT2D eigenvalue weighted by Crippen LogP contribution is 2.32. The predicted octanol–water partition coefficient (Wildman–Crippen LogP) is 3.59. The lowest BCUT2D eigenvalue weighted by molar-refractivity contribution is 0.403. The number of hydrogen-bond acceptors (Lipinski definition) is 2. The maximum absolute atomic E-state index is 14.2. The summed E-state index contributed by atoms with van der Waals surface area (Å²) in [5.41, 5.74) is 1.32. The lowest BCUT2D eigenvalue weighted by atomic mass is 9.96. The van der Waals surface area contributed by atoms with Crippen molar-refractivity contribution in [3.8, 4) is 5.75 Å². The van der Waals surface area contributed by atoms with E-state index in [9.17, 15) is 8.78 Å². The van der Waals surface area contributed by atoms with Crippen molar-refractivity contribution in [3.05, 3.63) is 64.7 Å². The number of para-hydroxylation sites is 1. The molecule has 1 N–H and O–H groups in total. The van der Waals surface area contributed by atoms with E-state index in [1.165, 1.54) is 0 Å². The Kier molecular flexibility index (Phi) is 4.35. The molecule has 2 nitrogen and oxygen atoms in total. The molecule has 0 aliphatic heterocycles. The van der Waals surface area contributed by atoms with Gasteiger partial charge in [0.2, 0.25) is 0 Å². The smallest absolute Gasteiger partial charge is 0.164 e. The average molecular weight is 277 g/mol. The predicted molar refractivity (Wildman–Crippen MR) is 75.0 cm³/mol. The summed E-state index contributed by atoms with van der Waals surface area (Å²) in [6, 6.07) is 10.0. The summed E-state index contributed by atoms with van der Waals surface area (Å²) in [7, 11) is 3.26. The molecule has 0 saturated carbocycles.